The SMILES string of the molecule is CCc1cccc(CC)c1N(CSc1ccccc1)c1ccc2c(-c3ccccc3S(=O)(=O)O)c3ccc(=[N+](CSc4ccccc4)c4c(CC)cccc4CC)cc-3oc2c1. The molecule has 2 aliphatic rings. The first-order valence-electron chi connectivity index (χ1n) is 21.2. The number of aryl methyl sites for hydroxylation is 4. The number of benzene rings is 7. The van der Waals surface area contributed by atoms with Crippen molar-refractivity contribution in [1.29, 1.82) is 0 Å². The maximum absolute atomic E-state index is 13.0. The molecule has 6 aromatic carbocycles. The van der Waals surface area contributed by atoms with Crippen molar-refractivity contribution in [1.82, 2.24) is 4.58 Å². The van der Waals surface area contributed by atoms with Crippen LogP contribution in [0.5, 0.6) is 0 Å². The van der Waals surface area contributed by atoms with Gasteiger partial charge in [-0.3, -0.25) is 4.55 Å². The second-order valence-corrected chi connectivity index (χ2v) is 18.5. The zero-order valence-corrected chi connectivity index (χ0v) is 38.0. The zero-order chi connectivity index (χ0) is 43.2. The molecule has 0 atom stereocenters. The molecule has 0 radical (unpaired) electrons. The first-order chi connectivity index (χ1) is 30.2. The van der Waals surface area contributed by atoms with Crippen molar-refractivity contribution in [3.05, 3.63) is 185 Å². The van der Waals surface area contributed by atoms with Gasteiger partial charge in [0.2, 0.25) is 11.0 Å². The van der Waals surface area contributed by atoms with Gasteiger partial charge < -0.3 is 9.32 Å². The maximum atomic E-state index is 13.0. The Balaban J connectivity index is 1.42. The van der Waals surface area contributed by atoms with E-state index in [0.29, 0.717) is 34.2 Å². The van der Waals surface area contributed by atoms with Gasteiger partial charge in [-0.2, -0.15) is 13.0 Å². The summed E-state index contributed by atoms with van der Waals surface area (Å²) in [5, 5.41) is 1.69. The Kier molecular flexibility index (Phi) is 13.4. The minimum absolute atomic E-state index is 0.155. The fourth-order valence-electron chi connectivity index (χ4n) is 8.36. The van der Waals surface area contributed by atoms with Crippen LogP contribution in [-0.2, 0) is 35.8 Å². The quantitative estimate of drug-likeness (QED) is 0.0361. The fourth-order valence-corrected chi connectivity index (χ4v) is 10.9. The van der Waals surface area contributed by atoms with Crippen LogP contribution < -0.4 is 14.8 Å². The van der Waals surface area contributed by atoms with Gasteiger partial charge >= 0.3 is 0 Å². The Hall–Kier alpha value is -5.58. The third-order valence-electron chi connectivity index (χ3n) is 11.4. The molecular formula is C53H51N2O4S3+. The molecule has 0 saturated heterocycles. The summed E-state index contributed by atoms with van der Waals surface area (Å²) in [6.45, 7) is 8.79. The van der Waals surface area contributed by atoms with Gasteiger partial charge in [0.05, 0.1) is 11.9 Å². The molecule has 8 rings (SSSR count). The molecule has 1 heterocycles. The van der Waals surface area contributed by atoms with E-state index < -0.39 is 10.1 Å². The van der Waals surface area contributed by atoms with Crippen molar-refractivity contribution in [3.63, 3.8) is 0 Å². The van der Waals surface area contributed by atoms with Gasteiger partial charge in [0.1, 0.15) is 16.2 Å². The van der Waals surface area contributed by atoms with E-state index >= 15 is 0 Å². The van der Waals surface area contributed by atoms with Crippen molar-refractivity contribution in [3.8, 4) is 22.5 Å². The minimum atomic E-state index is -4.59. The van der Waals surface area contributed by atoms with Crippen LogP contribution in [0.1, 0.15) is 49.9 Å². The summed E-state index contributed by atoms with van der Waals surface area (Å²) in [5.41, 5.74) is 10.8. The fraction of sp³-hybridized carbons (Fsp3) is 0.189. The molecule has 0 unspecified atom stereocenters. The van der Waals surface area contributed by atoms with Gasteiger partial charge in [-0.15, -0.1) is 11.8 Å². The van der Waals surface area contributed by atoms with Crippen LogP contribution in [0.2, 0.25) is 0 Å². The van der Waals surface area contributed by atoms with Crippen LogP contribution in [0.3, 0.4) is 0 Å². The topological polar surface area (TPSA) is 73.8 Å². The normalized spacial score (nSPS) is 12.2. The molecule has 62 heavy (non-hydrogen) atoms. The standard InChI is InChI=1S/C53H50N2O4S3/c1-5-37-19-17-20-38(6-2)52(37)54(35-60-43-23-11-9-12-24-43)41-29-31-45-48(33-41)59-49-34-42(30-32-46(49)51(45)47-27-15-16-28-50(47)62(56,57)58)55(36-61-44-25-13-10-14-26-44)53-39(7-3)21-18-22-40(53)8-4/h9-34H,5-8,35-36H2,1-4H3/p+1. The molecule has 0 amide bonds. The molecule has 0 bridgehead atoms. The molecule has 0 spiro atoms. The average molecular weight is 876 g/mol. The summed E-state index contributed by atoms with van der Waals surface area (Å²) in [6, 6.07) is 53.1. The summed E-state index contributed by atoms with van der Waals surface area (Å²) < 4.78 is 46.1. The van der Waals surface area contributed by atoms with Crippen molar-refractivity contribution in [2.24, 2.45) is 0 Å². The van der Waals surface area contributed by atoms with Crippen LogP contribution in [0.4, 0.5) is 17.1 Å². The number of fused-ring (bicyclic) bond motifs is 2. The maximum Gasteiger partial charge on any atom is 0.295 e. The third-order valence-corrected chi connectivity index (χ3v) is 14.3. The summed E-state index contributed by atoms with van der Waals surface area (Å²) in [7, 11) is -4.59. The molecule has 1 N–H and O–H groups in total. The van der Waals surface area contributed by atoms with Gasteiger partial charge in [0.25, 0.3) is 10.1 Å². The predicted molar refractivity (Wildman–Crippen MR) is 260 cm³/mol. The Labute approximate surface area is 374 Å². The monoisotopic (exact) mass is 875 g/mol. The number of nitrogens with zero attached hydrogens (tertiary/aromatic N) is 2. The summed E-state index contributed by atoms with van der Waals surface area (Å²) in [6.07, 6.45) is 3.49. The Bertz CT molecular complexity index is 2960. The lowest BCUT2D eigenvalue weighted by Gasteiger charge is -2.29. The van der Waals surface area contributed by atoms with E-state index in [1.165, 1.54) is 49.5 Å². The second kappa shape index (κ2) is 19.2. The number of anilines is 2. The summed E-state index contributed by atoms with van der Waals surface area (Å²) in [5.74, 6) is 1.91. The number of thioether (sulfide) groups is 2. The highest BCUT2D eigenvalue weighted by molar-refractivity contribution is 7.99. The molecule has 0 saturated carbocycles. The van der Waals surface area contributed by atoms with Crippen molar-refractivity contribution < 1.29 is 17.4 Å². The molecule has 9 heteroatoms. The predicted octanol–water partition coefficient (Wildman–Crippen LogP) is 13.4. The van der Waals surface area contributed by atoms with Crippen LogP contribution in [0.15, 0.2) is 177 Å². The van der Waals surface area contributed by atoms with Gasteiger partial charge in [0, 0.05) is 66.5 Å². The molecular weight excluding hydrogens is 825 g/mol. The molecule has 0 aromatic heterocycles. The molecule has 6 nitrogen and oxygen atoms in total. The van der Waals surface area contributed by atoms with Crippen molar-refractivity contribution >= 4 is 61.7 Å². The van der Waals surface area contributed by atoms with E-state index in [2.05, 4.69) is 146 Å². The van der Waals surface area contributed by atoms with Crippen molar-refractivity contribution in [2.45, 2.75) is 68.1 Å². The molecule has 314 valence electrons. The number of hydrogen-bond donors (Lipinski definition) is 1. The molecule has 1 aliphatic heterocycles. The highest BCUT2D eigenvalue weighted by atomic mass is 32.2. The highest BCUT2D eigenvalue weighted by Crippen LogP contribution is 2.44. The Morgan fingerprint density at radius 3 is 1.79 bits per heavy atom. The molecule has 1 aliphatic carbocycles. The highest BCUT2D eigenvalue weighted by Gasteiger charge is 2.27. The number of rotatable bonds is 15. The van der Waals surface area contributed by atoms with Crippen LogP contribution in [0.25, 0.3) is 33.4 Å². The van der Waals surface area contributed by atoms with Gasteiger partial charge in [-0.25, -0.2) is 0 Å². The Morgan fingerprint density at radius 2 is 1.18 bits per heavy atom. The lowest BCUT2D eigenvalue weighted by atomic mass is 9.93. The number of para-hydroxylation sites is 2. The molecule has 0 fully saturated rings. The van der Waals surface area contributed by atoms with Crippen LogP contribution in [0, 0.1) is 0 Å². The smallest absolute Gasteiger partial charge is 0.295 e. The number of hydrogen-bond acceptors (Lipinski definition) is 6. The van der Waals surface area contributed by atoms with Gasteiger partial charge in [0.15, 0.2) is 5.88 Å². The first kappa shape index (κ1) is 43.1. The first-order valence-corrected chi connectivity index (χ1v) is 24.7. The minimum Gasteiger partial charge on any atom is -0.456 e. The van der Waals surface area contributed by atoms with E-state index in [9.17, 15) is 13.0 Å². The van der Waals surface area contributed by atoms with E-state index in [-0.39, 0.29) is 4.90 Å². The van der Waals surface area contributed by atoms with Gasteiger partial charge in [-0.1, -0.05) is 130 Å². The summed E-state index contributed by atoms with van der Waals surface area (Å²) in [4.78, 5) is 4.57. The van der Waals surface area contributed by atoms with Crippen LogP contribution in [-0.4, -0.2) is 24.7 Å². The summed E-state index contributed by atoms with van der Waals surface area (Å²) >= 11 is 3.55. The molecule has 6 aromatic rings. The van der Waals surface area contributed by atoms with Gasteiger partial charge in [-0.05, 0) is 85.3 Å². The third kappa shape index (κ3) is 8.99. The van der Waals surface area contributed by atoms with E-state index in [4.69, 9.17) is 4.42 Å². The lowest BCUT2D eigenvalue weighted by Crippen LogP contribution is -2.27. The zero-order valence-electron chi connectivity index (χ0n) is 35.5. The van der Waals surface area contributed by atoms with Crippen molar-refractivity contribution in [2.75, 3.05) is 16.7 Å². The lowest BCUT2D eigenvalue weighted by molar-refractivity contribution is 0.483. The van der Waals surface area contributed by atoms with E-state index in [1.807, 2.05) is 30.3 Å². The van der Waals surface area contributed by atoms with E-state index in [0.717, 1.165) is 47.7 Å². The van der Waals surface area contributed by atoms with Crippen LogP contribution >= 0.6 is 23.5 Å². The average Bonchev–Trinajstić information content (AvgIpc) is 3.31. The second-order valence-electron chi connectivity index (χ2n) is 15.1. The van der Waals surface area contributed by atoms with E-state index in [1.54, 1.807) is 35.7 Å². The Morgan fingerprint density at radius 1 is 0.597 bits per heavy atom. The largest absolute Gasteiger partial charge is 0.456 e.